The first kappa shape index (κ1) is 18.4. The SMILES string of the molecule is COc1cc(C)ccc1C1=C([13C](=O)OC)C(=O)c2c(OC)cccc2C1=O. The van der Waals surface area contributed by atoms with Crippen molar-refractivity contribution >= 4 is 23.1 Å². The van der Waals surface area contributed by atoms with Gasteiger partial charge in [-0.05, 0) is 24.6 Å². The van der Waals surface area contributed by atoms with Gasteiger partial charge >= 0.3 is 5.97 Å². The molecule has 1 aliphatic carbocycles. The zero-order valence-electron chi connectivity index (χ0n) is 15.4. The zero-order valence-corrected chi connectivity index (χ0v) is 15.4. The minimum atomic E-state index is -0.887. The Kier molecular flexibility index (Phi) is 4.81. The fourth-order valence-electron chi connectivity index (χ4n) is 3.17. The number of allylic oxidation sites excluding steroid dienone is 1. The summed E-state index contributed by atoms with van der Waals surface area (Å²) in [6.07, 6.45) is 0. The van der Waals surface area contributed by atoms with Crippen molar-refractivity contribution < 1.29 is 28.6 Å². The smallest absolute Gasteiger partial charge is 0.342 e. The Morgan fingerprint density at radius 2 is 1.56 bits per heavy atom. The number of Topliss-reactive ketones (excluding diaryl/α,β-unsaturated/α-hetero) is 2. The van der Waals surface area contributed by atoms with Crippen LogP contribution < -0.4 is 9.47 Å². The molecule has 0 bridgehead atoms. The minimum absolute atomic E-state index is 0.0375. The van der Waals surface area contributed by atoms with Crippen molar-refractivity contribution in [3.63, 3.8) is 0 Å². The molecule has 0 atom stereocenters. The molecule has 0 amide bonds. The lowest BCUT2D eigenvalue weighted by molar-refractivity contribution is -0.135. The number of carbonyl (C=O) groups is 3. The minimum Gasteiger partial charge on any atom is -0.496 e. The number of hydrogen-bond acceptors (Lipinski definition) is 6. The first-order chi connectivity index (χ1) is 12.9. The van der Waals surface area contributed by atoms with E-state index >= 15 is 0 Å². The van der Waals surface area contributed by atoms with Gasteiger partial charge in [0.1, 0.15) is 17.1 Å². The molecular formula is C21H18O6. The van der Waals surface area contributed by atoms with Gasteiger partial charge < -0.3 is 14.2 Å². The molecule has 0 radical (unpaired) electrons. The normalized spacial score (nSPS) is 13.3. The summed E-state index contributed by atoms with van der Waals surface area (Å²) in [4.78, 5) is 38.9. The Hall–Kier alpha value is -3.41. The fraction of sp³-hybridized carbons (Fsp3) is 0.190. The van der Waals surface area contributed by atoms with E-state index in [4.69, 9.17) is 14.2 Å². The second-order valence-corrected chi connectivity index (χ2v) is 5.99. The average molecular weight is 367 g/mol. The topological polar surface area (TPSA) is 78.9 Å². The molecule has 138 valence electrons. The van der Waals surface area contributed by atoms with Gasteiger partial charge in [0.2, 0.25) is 5.78 Å². The van der Waals surface area contributed by atoms with Crippen molar-refractivity contribution in [3.8, 4) is 11.5 Å². The standard InChI is InChI=1S/C21H18O6/c1-11-8-9-12(15(10-11)26-3)17-18(21(24)27-4)20(23)16-13(19(17)22)6-5-7-14(16)25-2/h5-10H,1-4H3/i21+1. The number of esters is 1. The molecule has 6 nitrogen and oxygen atoms in total. The highest BCUT2D eigenvalue weighted by atomic mass is 16.6. The van der Waals surface area contributed by atoms with E-state index in [1.165, 1.54) is 20.3 Å². The number of rotatable bonds is 4. The first-order valence-electron chi connectivity index (χ1n) is 8.18. The summed E-state index contributed by atoms with van der Waals surface area (Å²) in [5, 5.41) is 0. The van der Waals surface area contributed by atoms with Gasteiger partial charge in [-0.15, -0.1) is 0 Å². The predicted molar refractivity (Wildman–Crippen MR) is 98.3 cm³/mol. The van der Waals surface area contributed by atoms with Crippen LogP contribution in [0.3, 0.4) is 0 Å². The molecule has 3 rings (SSSR count). The van der Waals surface area contributed by atoms with E-state index in [-0.39, 0.29) is 28.0 Å². The molecule has 0 heterocycles. The van der Waals surface area contributed by atoms with E-state index in [9.17, 15) is 14.4 Å². The number of fused-ring (bicyclic) bond motifs is 1. The average Bonchev–Trinajstić information content (AvgIpc) is 2.69. The van der Waals surface area contributed by atoms with E-state index < -0.39 is 17.5 Å². The summed E-state index contributed by atoms with van der Waals surface area (Å²) in [5.41, 5.74) is 1.12. The first-order valence-corrected chi connectivity index (χ1v) is 8.18. The van der Waals surface area contributed by atoms with Crippen LogP contribution in [0.1, 0.15) is 31.8 Å². The molecule has 0 N–H and O–H groups in total. The van der Waals surface area contributed by atoms with Crippen molar-refractivity contribution in [2.45, 2.75) is 6.92 Å². The third-order valence-corrected chi connectivity index (χ3v) is 4.44. The number of ketones is 2. The summed E-state index contributed by atoms with van der Waals surface area (Å²) < 4.78 is 15.4. The van der Waals surface area contributed by atoms with Gasteiger partial charge in [-0.25, -0.2) is 4.79 Å². The van der Waals surface area contributed by atoms with Gasteiger partial charge in [-0.3, -0.25) is 9.59 Å². The third-order valence-electron chi connectivity index (χ3n) is 4.44. The summed E-state index contributed by atoms with van der Waals surface area (Å²) in [7, 11) is 4.02. The van der Waals surface area contributed by atoms with Crippen LogP contribution >= 0.6 is 0 Å². The lowest BCUT2D eigenvalue weighted by Gasteiger charge is -2.22. The number of methoxy groups -OCH3 is 3. The van der Waals surface area contributed by atoms with Gasteiger partial charge in [0.15, 0.2) is 5.78 Å². The van der Waals surface area contributed by atoms with Crippen LogP contribution in [0.5, 0.6) is 11.5 Å². The highest BCUT2D eigenvalue weighted by molar-refractivity contribution is 6.47. The molecule has 2 aromatic carbocycles. The molecule has 0 spiro atoms. The third kappa shape index (κ3) is 2.89. The molecule has 0 aliphatic heterocycles. The fourth-order valence-corrected chi connectivity index (χ4v) is 3.17. The number of hydrogen-bond donors (Lipinski definition) is 0. The summed E-state index contributed by atoms with van der Waals surface area (Å²) in [6.45, 7) is 1.87. The molecular weight excluding hydrogens is 349 g/mol. The molecule has 2 aromatic rings. The van der Waals surface area contributed by atoms with Crippen molar-refractivity contribution in [1.82, 2.24) is 0 Å². The summed E-state index contributed by atoms with van der Waals surface area (Å²) in [5.74, 6) is -1.36. The van der Waals surface area contributed by atoms with Crippen molar-refractivity contribution in [2.24, 2.45) is 0 Å². The van der Waals surface area contributed by atoms with Gasteiger partial charge in [0.05, 0.1) is 32.5 Å². The van der Waals surface area contributed by atoms with Crippen LogP contribution in [-0.2, 0) is 9.53 Å². The number of aryl methyl sites for hydroxylation is 1. The van der Waals surface area contributed by atoms with Crippen molar-refractivity contribution in [3.05, 3.63) is 64.2 Å². The lowest BCUT2D eigenvalue weighted by Crippen LogP contribution is -2.27. The second kappa shape index (κ2) is 7.07. The van der Waals surface area contributed by atoms with Crippen LogP contribution in [0.2, 0.25) is 0 Å². The molecule has 0 saturated carbocycles. The lowest BCUT2D eigenvalue weighted by atomic mass is 9.82. The molecule has 0 aromatic heterocycles. The van der Waals surface area contributed by atoms with Gasteiger partial charge in [-0.2, -0.15) is 0 Å². The number of benzene rings is 2. The van der Waals surface area contributed by atoms with E-state index in [2.05, 4.69) is 0 Å². The van der Waals surface area contributed by atoms with E-state index in [0.29, 0.717) is 11.3 Å². The van der Waals surface area contributed by atoms with Crippen LogP contribution in [0, 0.1) is 6.92 Å². The molecule has 6 heteroatoms. The van der Waals surface area contributed by atoms with Crippen molar-refractivity contribution in [1.29, 1.82) is 0 Å². The monoisotopic (exact) mass is 367 g/mol. The summed E-state index contributed by atoms with van der Waals surface area (Å²) >= 11 is 0. The maximum Gasteiger partial charge on any atom is 0.342 e. The maximum atomic E-state index is 13.3. The van der Waals surface area contributed by atoms with Gasteiger partial charge in [-0.1, -0.05) is 24.3 Å². The quantitative estimate of drug-likeness (QED) is 0.470. The Bertz CT molecular complexity index is 1000. The Labute approximate surface area is 156 Å². The Morgan fingerprint density at radius 3 is 2.19 bits per heavy atom. The molecule has 0 unspecified atom stereocenters. The van der Waals surface area contributed by atoms with Crippen LogP contribution in [0.4, 0.5) is 0 Å². The van der Waals surface area contributed by atoms with Crippen LogP contribution in [-0.4, -0.2) is 38.9 Å². The molecule has 0 saturated heterocycles. The maximum absolute atomic E-state index is 13.3. The largest absolute Gasteiger partial charge is 0.496 e. The second-order valence-electron chi connectivity index (χ2n) is 5.99. The van der Waals surface area contributed by atoms with E-state index in [0.717, 1.165) is 12.7 Å². The zero-order chi connectivity index (χ0) is 19.7. The van der Waals surface area contributed by atoms with Crippen LogP contribution in [0.25, 0.3) is 5.57 Å². The molecule has 27 heavy (non-hydrogen) atoms. The van der Waals surface area contributed by atoms with Gasteiger partial charge in [0, 0.05) is 11.1 Å². The Balaban J connectivity index is 2.38. The highest BCUT2D eigenvalue weighted by Gasteiger charge is 2.39. The Morgan fingerprint density at radius 1 is 0.852 bits per heavy atom. The molecule has 0 fully saturated rings. The molecule has 1 aliphatic rings. The van der Waals surface area contributed by atoms with E-state index in [1.54, 1.807) is 30.3 Å². The summed E-state index contributed by atoms with van der Waals surface area (Å²) in [6, 6.07) is 9.89. The highest BCUT2D eigenvalue weighted by Crippen LogP contribution is 2.39. The van der Waals surface area contributed by atoms with Crippen molar-refractivity contribution in [2.75, 3.05) is 21.3 Å². The van der Waals surface area contributed by atoms with Crippen LogP contribution in [0.15, 0.2) is 42.0 Å². The van der Waals surface area contributed by atoms with E-state index in [1.807, 2.05) is 6.92 Å². The van der Waals surface area contributed by atoms with Gasteiger partial charge in [0.25, 0.3) is 0 Å². The predicted octanol–water partition coefficient (Wildman–Crippen LogP) is 3.02. The number of carbonyl (C=O) groups excluding carboxylic acids is 3. The number of ether oxygens (including phenoxy) is 3.